The fourth-order valence-electron chi connectivity index (χ4n) is 4.93. The Morgan fingerprint density at radius 2 is 1.79 bits per heavy atom. The second-order valence-corrected chi connectivity index (χ2v) is 12.6. The number of halogens is 2. The highest BCUT2D eigenvalue weighted by Gasteiger charge is 2.31. The lowest BCUT2D eigenvalue weighted by molar-refractivity contribution is -0.141. The van der Waals surface area contributed by atoms with Crippen LogP contribution in [0.2, 0.25) is 10.0 Å². The predicted octanol–water partition coefficient (Wildman–Crippen LogP) is 5.71. The van der Waals surface area contributed by atoms with Gasteiger partial charge in [0.05, 0.1) is 11.9 Å². The van der Waals surface area contributed by atoms with E-state index in [4.69, 9.17) is 23.2 Å². The number of sulfonamides is 1. The van der Waals surface area contributed by atoms with Gasteiger partial charge in [-0.1, -0.05) is 67.2 Å². The van der Waals surface area contributed by atoms with Crippen molar-refractivity contribution in [1.82, 2.24) is 10.2 Å². The summed E-state index contributed by atoms with van der Waals surface area (Å²) in [5.41, 5.74) is 2.01. The van der Waals surface area contributed by atoms with Crippen LogP contribution in [0.5, 0.6) is 0 Å². The number of carbonyl (C=O) groups excluding carboxylic acids is 2. The van der Waals surface area contributed by atoms with Crippen LogP contribution in [0.15, 0.2) is 42.5 Å². The van der Waals surface area contributed by atoms with Crippen LogP contribution in [0.4, 0.5) is 5.69 Å². The Balaban J connectivity index is 1.79. The number of hydrogen-bond acceptors (Lipinski definition) is 4. The maximum absolute atomic E-state index is 13.6. The lowest BCUT2D eigenvalue weighted by Gasteiger charge is -2.32. The number of benzene rings is 2. The maximum Gasteiger partial charge on any atom is 0.243 e. The van der Waals surface area contributed by atoms with Crippen molar-refractivity contribution in [3.8, 4) is 0 Å². The highest BCUT2D eigenvalue weighted by atomic mass is 35.5. The van der Waals surface area contributed by atoms with Crippen LogP contribution in [0, 0.1) is 6.92 Å². The van der Waals surface area contributed by atoms with E-state index in [0.717, 1.165) is 43.1 Å². The van der Waals surface area contributed by atoms with Crippen LogP contribution in [0.3, 0.4) is 0 Å². The molecule has 0 saturated heterocycles. The fraction of sp³-hybridized carbons (Fsp3) is 0.500. The van der Waals surface area contributed by atoms with Gasteiger partial charge in [0, 0.05) is 35.6 Å². The van der Waals surface area contributed by atoms with E-state index in [-0.39, 0.29) is 43.8 Å². The molecule has 208 valence electrons. The number of nitrogens with one attached hydrogen (secondary N) is 1. The largest absolute Gasteiger partial charge is 0.352 e. The van der Waals surface area contributed by atoms with Crippen molar-refractivity contribution in [1.29, 1.82) is 0 Å². The number of aryl methyl sites for hydroxylation is 1. The van der Waals surface area contributed by atoms with E-state index in [0.29, 0.717) is 22.2 Å². The monoisotopic (exact) mass is 581 g/mol. The molecule has 0 radical (unpaired) electrons. The fourth-order valence-corrected chi connectivity index (χ4v) is 6.31. The minimum Gasteiger partial charge on any atom is -0.352 e. The van der Waals surface area contributed by atoms with Gasteiger partial charge in [0.25, 0.3) is 0 Å². The molecule has 1 aliphatic carbocycles. The van der Waals surface area contributed by atoms with Crippen molar-refractivity contribution in [2.75, 3.05) is 17.1 Å². The van der Waals surface area contributed by atoms with E-state index in [1.807, 2.05) is 32.0 Å². The molecule has 1 N–H and O–H groups in total. The zero-order valence-corrected chi connectivity index (χ0v) is 24.6. The molecule has 0 aliphatic heterocycles. The Labute approximate surface area is 236 Å². The minimum absolute atomic E-state index is 0.0727. The molecule has 0 unspecified atom stereocenters. The van der Waals surface area contributed by atoms with Gasteiger partial charge in [0.15, 0.2) is 0 Å². The lowest BCUT2D eigenvalue weighted by atomic mass is 10.1. The van der Waals surface area contributed by atoms with E-state index < -0.39 is 16.1 Å². The summed E-state index contributed by atoms with van der Waals surface area (Å²) in [4.78, 5) is 28.5. The van der Waals surface area contributed by atoms with Gasteiger partial charge in [0.1, 0.15) is 6.04 Å². The van der Waals surface area contributed by atoms with Gasteiger partial charge in [-0.2, -0.15) is 0 Å². The Bertz CT molecular complexity index is 1230. The van der Waals surface area contributed by atoms with Gasteiger partial charge in [0.2, 0.25) is 21.8 Å². The third-order valence-electron chi connectivity index (χ3n) is 6.98. The zero-order valence-electron chi connectivity index (χ0n) is 22.3. The smallest absolute Gasteiger partial charge is 0.243 e. The van der Waals surface area contributed by atoms with E-state index in [9.17, 15) is 18.0 Å². The first-order valence-corrected chi connectivity index (χ1v) is 15.7. The highest BCUT2D eigenvalue weighted by Crippen LogP contribution is 2.27. The normalized spacial score (nSPS) is 14.8. The molecule has 2 amide bonds. The van der Waals surface area contributed by atoms with Gasteiger partial charge in [-0.3, -0.25) is 13.9 Å². The van der Waals surface area contributed by atoms with Gasteiger partial charge < -0.3 is 10.2 Å². The molecule has 0 bridgehead atoms. The number of amides is 2. The summed E-state index contributed by atoms with van der Waals surface area (Å²) in [6.45, 7) is 4.00. The predicted molar refractivity (Wildman–Crippen MR) is 154 cm³/mol. The Morgan fingerprint density at radius 1 is 1.11 bits per heavy atom. The number of carbonyl (C=O) groups is 2. The van der Waals surface area contributed by atoms with Crippen LogP contribution >= 0.6 is 23.2 Å². The lowest BCUT2D eigenvalue weighted by Crippen LogP contribution is -2.51. The number of rotatable bonds is 12. The number of nitrogens with zero attached hydrogens (tertiary/aromatic N) is 2. The second-order valence-electron chi connectivity index (χ2n) is 9.90. The molecule has 0 spiro atoms. The first-order chi connectivity index (χ1) is 18.0. The first-order valence-electron chi connectivity index (χ1n) is 13.1. The molecular weight excluding hydrogens is 545 g/mol. The number of hydrogen-bond donors (Lipinski definition) is 1. The quantitative estimate of drug-likeness (QED) is 0.347. The van der Waals surface area contributed by atoms with Crippen molar-refractivity contribution in [2.24, 2.45) is 0 Å². The standard InChI is InChI=1S/C28H37Cl2N3O4S/c1-4-25(28(35)31-23-11-6-7-12-23)32(19-21-10-5-8-13-24(21)30)27(34)14-9-17-33(38(3,36)37)26-18-22(29)16-15-20(26)2/h5,8,10,13,15-16,18,23,25H,4,6-7,9,11-12,14,17,19H2,1-3H3,(H,31,35)/t25-/m0/s1. The zero-order chi connectivity index (χ0) is 27.9. The van der Waals surface area contributed by atoms with Gasteiger partial charge in [-0.15, -0.1) is 0 Å². The second kappa shape index (κ2) is 13.7. The average Bonchev–Trinajstić information content (AvgIpc) is 3.36. The average molecular weight is 583 g/mol. The molecule has 10 heteroatoms. The van der Waals surface area contributed by atoms with Crippen LogP contribution in [0.25, 0.3) is 0 Å². The molecule has 1 fully saturated rings. The Morgan fingerprint density at radius 3 is 2.42 bits per heavy atom. The van der Waals surface area contributed by atoms with Crippen LogP contribution in [-0.4, -0.2) is 50.0 Å². The maximum atomic E-state index is 13.6. The molecule has 3 rings (SSSR count). The molecule has 1 atom stereocenters. The van der Waals surface area contributed by atoms with Crippen molar-refractivity contribution >= 4 is 50.7 Å². The third-order valence-corrected chi connectivity index (χ3v) is 8.76. The molecule has 0 aromatic heterocycles. The Hall–Kier alpha value is -2.29. The van der Waals surface area contributed by atoms with Crippen molar-refractivity contribution in [2.45, 2.75) is 77.4 Å². The molecule has 38 heavy (non-hydrogen) atoms. The first kappa shape index (κ1) is 30.3. The number of anilines is 1. The third kappa shape index (κ3) is 8.10. The van der Waals surface area contributed by atoms with Crippen molar-refractivity contribution in [3.05, 3.63) is 63.6 Å². The van der Waals surface area contributed by atoms with Crippen LogP contribution in [0.1, 0.15) is 63.0 Å². The summed E-state index contributed by atoms with van der Waals surface area (Å²) < 4.78 is 26.5. The van der Waals surface area contributed by atoms with Crippen molar-refractivity contribution in [3.63, 3.8) is 0 Å². The molecule has 2 aromatic rings. The van der Waals surface area contributed by atoms with Crippen LogP contribution < -0.4 is 9.62 Å². The summed E-state index contributed by atoms with van der Waals surface area (Å²) in [6, 6.07) is 11.8. The molecular formula is C28H37Cl2N3O4S. The highest BCUT2D eigenvalue weighted by molar-refractivity contribution is 7.92. The van der Waals surface area contributed by atoms with E-state index in [1.54, 1.807) is 29.2 Å². The summed E-state index contributed by atoms with van der Waals surface area (Å²) >= 11 is 12.5. The molecule has 0 heterocycles. The van der Waals surface area contributed by atoms with Gasteiger partial charge in [-0.05, 0) is 61.9 Å². The van der Waals surface area contributed by atoms with Crippen LogP contribution in [-0.2, 0) is 26.2 Å². The Kier molecular flexibility index (Phi) is 10.9. The minimum atomic E-state index is -3.61. The molecule has 1 aliphatic rings. The summed E-state index contributed by atoms with van der Waals surface area (Å²) in [5.74, 6) is -0.387. The van der Waals surface area contributed by atoms with Gasteiger partial charge >= 0.3 is 0 Å². The van der Waals surface area contributed by atoms with Gasteiger partial charge in [-0.25, -0.2) is 8.42 Å². The molecule has 1 saturated carbocycles. The van der Waals surface area contributed by atoms with E-state index in [1.165, 1.54) is 4.31 Å². The summed E-state index contributed by atoms with van der Waals surface area (Å²) in [5, 5.41) is 4.08. The topological polar surface area (TPSA) is 86.8 Å². The van der Waals surface area contributed by atoms with E-state index in [2.05, 4.69) is 5.32 Å². The van der Waals surface area contributed by atoms with Crippen molar-refractivity contribution < 1.29 is 18.0 Å². The summed E-state index contributed by atoms with van der Waals surface area (Å²) in [6.07, 6.45) is 6.02. The molecule has 7 nitrogen and oxygen atoms in total. The molecule has 2 aromatic carbocycles. The summed E-state index contributed by atoms with van der Waals surface area (Å²) in [7, 11) is -3.61. The van der Waals surface area contributed by atoms with E-state index >= 15 is 0 Å². The SMILES string of the molecule is CC[C@@H](C(=O)NC1CCCC1)N(Cc1ccccc1Cl)C(=O)CCCN(c1cc(Cl)ccc1C)S(C)(=O)=O.